The van der Waals surface area contributed by atoms with Crippen molar-refractivity contribution < 1.29 is 5.11 Å². The molecule has 1 heterocycles. The molecule has 0 spiro atoms. The van der Waals surface area contributed by atoms with E-state index >= 15 is 0 Å². The Balaban J connectivity index is 2.44. The van der Waals surface area contributed by atoms with Crippen LogP contribution in [-0.2, 0) is 6.54 Å². The highest BCUT2D eigenvalue weighted by atomic mass is 16.3. The molecular formula is C13H22N2O. The molecule has 0 aliphatic heterocycles. The molecule has 0 bridgehead atoms. The molecule has 16 heavy (non-hydrogen) atoms. The minimum atomic E-state index is -0.0251. The van der Waals surface area contributed by atoms with Gasteiger partial charge in [0.05, 0.1) is 5.69 Å². The quantitative estimate of drug-likeness (QED) is 0.772. The first-order valence-electron chi connectivity index (χ1n) is 5.83. The molecule has 0 amide bonds. The number of aliphatic hydroxyl groups excluding tert-OH is 1. The van der Waals surface area contributed by atoms with E-state index in [9.17, 15) is 5.11 Å². The van der Waals surface area contributed by atoms with E-state index in [4.69, 9.17) is 0 Å². The molecule has 0 aliphatic rings. The lowest BCUT2D eigenvalue weighted by molar-refractivity contribution is 0.135. The number of aromatic nitrogens is 1. The van der Waals surface area contributed by atoms with E-state index in [2.05, 4.69) is 37.1 Å². The van der Waals surface area contributed by atoms with Crippen molar-refractivity contribution in [3.8, 4) is 0 Å². The van der Waals surface area contributed by atoms with E-state index in [1.807, 2.05) is 12.3 Å². The molecule has 90 valence electrons. The van der Waals surface area contributed by atoms with Crippen LogP contribution in [0.4, 0.5) is 0 Å². The predicted molar refractivity (Wildman–Crippen MR) is 66.2 cm³/mol. The van der Waals surface area contributed by atoms with Crippen molar-refractivity contribution in [3.63, 3.8) is 0 Å². The Morgan fingerprint density at radius 1 is 1.50 bits per heavy atom. The molecule has 0 saturated carbocycles. The van der Waals surface area contributed by atoms with Crippen molar-refractivity contribution in [2.75, 3.05) is 13.2 Å². The van der Waals surface area contributed by atoms with E-state index in [-0.39, 0.29) is 12.0 Å². The lowest BCUT2D eigenvalue weighted by Gasteiger charge is -2.25. The Hall–Kier alpha value is -0.930. The van der Waals surface area contributed by atoms with Crippen molar-refractivity contribution in [2.45, 2.75) is 33.7 Å². The Morgan fingerprint density at radius 2 is 2.25 bits per heavy atom. The summed E-state index contributed by atoms with van der Waals surface area (Å²) in [6.07, 6.45) is 2.78. The van der Waals surface area contributed by atoms with Gasteiger partial charge in [-0.1, -0.05) is 19.9 Å². The SMILES string of the molecule is CCC(C)(CO)CNCc1ncccc1C. The van der Waals surface area contributed by atoms with Gasteiger partial charge in [-0.05, 0) is 25.0 Å². The first kappa shape index (κ1) is 13.1. The fourth-order valence-corrected chi connectivity index (χ4v) is 1.48. The van der Waals surface area contributed by atoms with Gasteiger partial charge in [0.15, 0.2) is 0 Å². The third-order valence-electron chi connectivity index (χ3n) is 3.20. The number of hydrogen-bond acceptors (Lipinski definition) is 3. The van der Waals surface area contributed by atoms with E-state index < -0.39 is 0 Å². The predicted octanol–water partition coefficient (Wildman–Crippen LogP) is 1.89. The summed E-state index contributed by atoms with van der Waals surface area (Å²) < 4.78 is 0. The summed E-state index contributed by atoms with van der Waals surface area (Å²) in [6.45, 7) is 8.06. The van der Waals surface area contributed by atoms with Crippen molar-refractivity contribution in [2.24, 2.45) is 5.41 Å². The molecule has 1 rings (SSSR count). The van der Waals surface area contributed by atoms with Gasteiger partial charge in [0.1, 0.15) is 0 Å². The number of pyridine rings is 1. The second kappa shape index (κ2) is 5.97. The minimum Gasteiger partial charge on any atom is -0.396 e. The van der Waals surface area contributed by atoms with Crippen LogP contribution in [0.5, 0.6) is 0 Å². The second-order valence-electron chi connectivity index (χ2n) is 4.69. The van der Waals surface area contributed by atoms with Crippen LogP contribution in [-0.4, -0.2) is 23.2 Å². The van der Waals surface area contributed by atoms with Gasteiger partial charge in [-0.2, -0.15) is 0 Å². The molecule has 2 N–H and O–H groups in total. The van der Waals surface area contributed by atoms with Crippen molar-refractivity contribution >= 4 is 0 Å². The monoisotopic (exact) mass is 222 g/mol. The number of hydrogen-bond donors (Lipinski definition) is 2. The fourth-order valence-electron chi connectivity index (χ4n) is 1.48. The van der Waals surface area contributed by atoms with Gasteiger partial charge in [-0.15, -0.1) is 0 Å². The molecule has 0 aromatic carbocycles. The summed E-state index contributed by atoms with van der Waals surface area (Å²) in [5.41, 5.74) is 2.26. The highest BCUT2D eigenvalue weighted by Crippen LogP contribution is 2.18. The lowest BCUT2D eigenvalue weighted by atomic mass is 9.88. The summed E-state index contributed by atoms with van der Waals surface area (Å²) in [6, 6.07) is 4.01. The zero-order valence-electron chi connectivity index (χ0n) is 10.5. The van der Waals surface area contributed by atoms with Crippen LogP contribution >= 0.6 is 0 Å². The van der Waals surface area contributed by atoms with Crippen molar-refractivity contribution in [3.05, 3.63) is 29.6 Å². The third-order valence-corrected chi connectivity index (χ3v) is 3.20. The average molecular weight is 222 g/mol. The molecule has 0 saturated heterocycles. The van der Waals surface area contributed by atoms with Crippen molar-refractivity contribution in [1.82, 2.24) is 10.3 Å². The molecule has 0 fully saturated rings. The van der Waals surface area contributed by atoms with Gasteiger partial charge in [0.2, 0.25) is 0 Å². The highest BCUT2D eigenvalue weighted by Gasteiger charge is 2.20. The van der Waals surface area contributed by atoms with Gasteiger partial charge in [0, 0.05) is 31.3 Å². The maximum absolute atomic E-state index is 9.28. The van der Waals surface area contributed by atoms with E-state index in [1.54, 1.807) is 0 Å². The summed E-state index contributed by atoms with van der Waals surface area (Å²) >= 11 is 0. The molecule has 1 aromatic rings. The van der Waals surface area contributed by atoms with Crippen molar-refractivity contribution in [1.29, 1.82) is 0 Å². The third kappa shape index (κ3) is 3.58. The number of aliphatic hydroxyl groups is 1. The Kier molecular flexibility index (Phi) is 4.90. The minimum absolute atomic E-state index is 0.0251. The van der Waals surface area contributed by atoms with E-state index in [0.29, 0.717) is 0 Å². The number of aryl methyl sites for hydroxylation is 1. The highest BCUT2D eigenvalue weighted by molar-refractivity contribution is 5.17. The normalized spacial score (nSPS) is 14.8. The van der Waals surface area contributed by atoms with E-state index in [0.717, 1.165) is 25.2 Å². The van der Waals surface area contributed by atoms with Gasteiger partial charge in [-0.25, -0.2) is 0 Å². The summed E-state index contributed by atoms with van der Waals surface area (Å²) in [7, 11) is 0. The first-order valence-corrected chi connectivity index (χ1v) is 5.83. The molecule has 1 unspecified atom stereocenters. The largest absolute Gasteiger partial charge is 0.396 e. The van der Waals surface area contributed by atoms with Crippen LogP contribution in [0.3, 0.4) is 0 Å². The molecular weight excluding hydrogens is 200 g/mol. The first-order chi connectivity index (χ1) is 7.61. The Labute approximate surface area is 97.9 Å². The second-order valence-corrected chi connectivity index (χ2v) is 4.69. The van der Waals surface area contributed by atoms with Gasteiger partial charge >= 0.3 is 0 Å². The zero-order chi connectivity index (χ0) is 12.0. The van der Waals surface area contributed by atoms with Crippen LogP contribution < -0.4 is 5.32 Å². The molecule has 1 atom stereocenters. The molecule has 1 aromatic heterocycles. The van der Waals surface area contributed by atoms with Crippen LogP contribution in [0.15, 0.2) is 18.3 Å². The molecule has 3 heteroatoms. The van der Waals surface area contributed by atoms with Gasteiger partial charge < -0.3 is 10.4 Å². The number of rotatable bonds is 6. The van der Waals surface area contributed by atoms with Crippen LogP contribution in [0.2, 0.25) is 0 Å². The fraction of sp³-hybridized carbons (Fsp3) is 0.615. The lowest BCUT2D eigenvalue weighted by Crippen LogP contribution is -2.34. The maximum atomic E-state index is 9.28. The smallest absolute Gasteiger partial charge is 0.0570 e. The average Bonchev–Trinajstić information content (AvgIpc) is 2.31. The standard InChI is InChI=1S/C13H22N2O/c1-4-13(3,10-16)9-14-8-12-11(2)6-5-7-15-12/h5-7,14,16H,4,8-10H2,1-3H3. The molecule has 0 radical (unpaired) electrons. The Bertz CT molecular complexity index is 321. The summed E-state index contributed by atoms with van der Waals surface area (Å²) in [5.74, 6) is 0. The summed E-state index contributed by atoms with van der Waals surface area (Å²) in [5, 5.41) is 12.6. The van der Waals surface area contributed by atoms with Gasteiger partial charge in [0.25, 0.3) is 0 Å². The van der Waals surface area contributed by atoms with E-state index in [1.165, 1.54) is 5.56 Å². The summed E-state index contributed by atoms with van der Waals surface area (Å²) in [4.78, 5) is 4.32. The Morgan fingerprint density at radius 3 is 2.81 bits per heavy atom. The number of nitrogens with one attached hydrogen (secondary N) is 1. The molecule has 3 nitrogen and oxygen atoms in total. The number of nitrogens with zero attached hydrogens (tertiary/aromatic N) is 1. The maximum Gasteiger partial charge on any atom is 0.0570 e. The zero-order valence-corrected chi connectivity index (χ0v) is 10.5. The molecule has 0 aliphatic carbocycles. The van der Waals surface area contributed by atoms with Crippen LogP contribution in [0.1, 0.15) is 31.5 Å². The van der Waals surface area contributed by atoms with Crippen LogP contribution in [0, 0.1) is 12.3 Å². The topological polar surface area (TPSA) is 45.1 Å². The van der Waals surface area contributed by atoms with Crippen LogP contribution in [0.25, 0.3) is 0 Å². The van der Waals surface area contributed by atoms with Gasteiger partial charge in [-0.3, -0.25) is 4.98 Å².